The Kier molecular flexibility index (Phi) is 5.37. The average molecular weight is 260 g/mol. The summed E-state index contributed by atoms with van der Waals surface area (Å²) in [7, 11) is -3.31. The van der Waals surface area contributed by atoms with E-state index in [1.807, 2.05) is 6.07 Å². The van der Waals surface area contributed by atoms with E-state index in [9.17, 15) is 13.5 Å². The van der Waals surface area contributed by atoms with Crippen molar-refractivity contribution in [3.8, 4) is 6.07 Å². The molecule has 1 fully saturated rings. The Morgan fingerprint density at radius 2 is 1.94 bits per heavy atom. The predicted octanol–water partition coefficient (Wildman–Crippen LogP) is 0.905. The summed E-state index contributed by atoms with van der Waals surface area (Å²) in [5.41, 5.74) is -0.847. The quantitative estimate of drug-likeness (QED) is 0.666. The van der Waals surface area contributed by atoms with E-state index in [0.29, 0.717) is 32.1 Å². The van der Waals surface area contributed by atoms with Gasteiger partial charge in [0.1, 0.15) is 0 Å². The largest absolute Gasteiger partial charge is 0.389 e. The Hall–Kier alpha value is -0.640. The summed E-state index contributed by atoms with van der Waals surface area (Å²) in [5.74, 6) is 0.0325. The van der Waals surface area contributed by atoms with Gasteiger partial charge in [-0.15, -0.1) is 0 Å². The molecule has 98 valence electrons. The number of aliphatic hydroxyl groups is 1. The van der Waals surface area contributed by atoms with Crippen LogP contribution < -0.4 is 4.72 Å². The van der Waals surface area contributed by atoms with E-state index in [2.05, 4.69) is 4.72 Å². The zero-order valence-corrected chi connectivity index (χ0v) is 10.8. The molecule has 0 atom stereocenters. The summed E-state index contributed by atoms with van der Waals surface area (Å²) >= 11 is 0. The van der Waals surface area contributed by atoms with Gasteiger partial charge in [-0.05, 0) is 25.7 Å². The molecule has 0 unspecified atom stereocenters. The fraction of sp³-hybridized carbons (Fsp3) is 0.909. The second-order valence-corrected chi connectivity index (χ2v) is 6.61. The lowest BCUT2D eigenvalue weighted by Crippen LogP contribution is -2.41. The predicted molar refractivity (Wildman–Crippen MR) is 64.7 cm³/mol. The Morgan fingerprint density at radius 3 is 2.53 bits per heavy atom. The lowest BCUT2D eigenvalue weighted by molar-refractivity contribution is 0.0532. The van der Waals surface area contributed by atoms with Crippen LogP contribution >= 0.6 is 0 Å². The Labute approximate surface area is 103 Å². The summed E-state index contributed by atoms with van der Waals surface area (Å²) in [6.07, 6.45) is 4.73. The smallest absolute Gasteiger partial charge is 0.211 e. The van der Waals surface area contributed by atoms with Gasteiger partial charge in [0.2, 0.25) is 10.0 Å². The van der Waals surface area contributed by atoms with Gasteiger partial charge in [0.15, 0.2) is 0 Å². The summed E-state index contributed by atoms with van der Waals surface area (Å²) < 4.78 is 25.6. The minimum atomic E-state index is -3.31. The van der Waals surface area contributed by atoms with Crippen molar-refractivity contribution in [2.24, 2.45) is 0 Å². The Balaban J connectivity index is 2.27. The molecule has 1 saturated carbocycles. The Morgan fingerprint density at radius 1 is 1.29 bits per heavy atom. The topological polar surface area (TPSA) is 90.2 Å². The van der Waals surface area contributed by atoms with E-state index in [-0.39, 0.29) is 12.3 Å². The van der Waals surface area contributed by atoms with E-state index in [0.717, 1.165) is 12.8 Å². The van der Waals surface area contributed by atoms with E-state index in [1.165, 1.54) is 0 Å². The molecule has 0 aromatic heterocycles. The van der Waals surface area contributed by atoms with Crippen LogP contribution in [0.3, 0.4) is 0 Å². The van der Waals surface area contributed by atoms with Gasteiger partial charge in [0.05, 0.1) is 17.4 Å². The maximum Gasteiger partial charge on any atom is 0.211 e. The van der Waals surface area contributed by atoms with Crippen molar-refractivity contribution < 1.29 is 13.5 Å². The fourth-order valence-corrected chi connectivity index (χ4v) is 3.24. The molecule has 1 aliphatic carbocycles. The van der Waals surface area contributed by atoms with Crippen molar-refractivity contribution in [3.63, 3.8) is 0 Å². The number of hydrogen-bond acceptors (Lipinski definition) is 4. The summed E-state index contributed by atoms with van der Waals surface area (Å²) in [6.45, 7) is 0.119. The van der Waals surface area contributed by atoms with Crippen molar-refractivity contribution in [3.05, 3.63) is 0 Å². The van der Waals surface area contributed by atoms with Crippen LogP contribution in [0.25, 0.3) is 0 Å². The first kappa shape index (κ1) is 14.4. The molecule has 17 heavy (non-hydrogen) atoms. The van der Waals surface area contributed by atoms with Crippen LogP contribution in [0.5, 0.6) is 0 Å². The zero-order valence-electron chi connectivity index (χ0n) is 9.98. The maximum atomic E-state index is 11.6. The van der Waals surface area contributed by atoms with Gasteiger partial charge in [-0.1, -0.05) is 12.8 Å². The molecular weight excluding hydrogens is 240 g/mol. The van der Waals surface area contributed by atoms with E-state index in [4.69, 9.17) is 5.26 Å². The molecule has 0 amide bonds. The van der Waals surface area contributed by atoms with Gasteiger partial charge in [-0.2, -0.15) is 5.26 Å². The maximum absolute atomic E-state index is 11.6. The van der Waals surface area contributed by atoms with E-state index in [1.54, 1.807) is 0 Å². The molecule has 6 heteroatoms. The molecule has 0 aromatic carbocycles. The highest BCUT2D eigenvalue weighted by atomic mass is 32.2. The molecule has 0 bridgehead atoms. The standard InChI is InChI=1S/C11H20N2O3S/c12-8-4-1-5-9-17(15,16)13-10-11(14)6-2-3-7-11/h13-14H,1-7,9-10H2. The lowest BCUT2D eigenvalue weighted by Gasteiger charge is -2.22. The molecule has 0 heterocycles. The Bertz CT molecular complexity index is 367. The third-order valence-electron chi connectivity index (χ3n) is 3.11. The first-order chi connectivity index (χ1) is 7.97. The minimum absolute atomic E-state index is 0.0325. The number of rotatable bonds is 7. The number of unbranched alkanes of at least 4 members (excludes halogenated alkanes) is 2. The lowest BCUT2D eigenvalue weighted by atomic mass is 10.0. The van der Waals surface area contributed by atoms with Gasteiger partial charge in [-0.3, -0.25) is 0 Å². The molecule has 0 saturated heterocycles. The highest BCUT2D eigenvalue weighted by Gasteiger charge is 2.32. The second kappa shape index (κ2) is 6.34. The van der Waals surface area contributed by atoms with E-state index < -0.39 is 15.6 Å². The van der Waals surface area contributed by atoms with Crippen molar-refractivity contribution in [1.82, 2.24) is 4.72 Å². The van der Waals surface area contributed by atoms with Gasteiger partial charge in [0, 0.05) is 13.0 Å². The minimum Gasteiger partial charge on any atom is -0.389 e. The third-order valence-corrected chi connectivity index (χ3v) is 4.52. The number of nitriles is 1. The number of nitrogens with zero attached hydrogens (tertiary/aromatic N) is 1. The van der Waals surface area contributed by atoms with Crippen LogP contribution in [0.15, 0.2) is 0 Å². The molecule has 0 radical (unpaired) electrons. The number of nitrogens with one attached hydrogen (secondary N) is 1. The normalized spacial score (nSPS) is 19.1. The third kappa shape index (κ3) is 5.48. The van der Waals surface area contributed by atoms with Crippen molar-refractivity contribution >= 4 is 10.0 Å². The van der Waals surface area contributed by atoms with Gasteiger partial charge >= 0.3 is 0 Å². The molecule has 5 nitrogen and oxygen atoms in total. The van der Waals surface area contributed by atoms with Crippen molar-refractivity contribution in [2.75, 3.05) is 12.3 Å². The van der Waals surface area contributed by atoms with Gasteiger partial charge in [0.25, 0.3) is 0 Å². The zero-order chi connectivity index (χ0) is 12.8. The monoisotopic (exact) mass is 260 g/mol. The average Bonchev–Trinajstić information content (AvgIpc) is 2.70. The fourth-order valence-electron chi connectivity index (χ4n) is 2.02. The number of hydrogen-bond donors (Lipinski definition) is 2. The molecule has 1 aliphatic rings. The van der Waals surface area contributed by atoms with Crippen LogP contribution in [-0.2, 0) is 10.0 Å². The molecular formula is C11H20N2O3S. The van der Waals surface area contributed by atoms with Crippen LogP contribution in [-0.4, -0.2) is 31.4 Å². The van der Waals surface area contributed by atoms with Crippen molar-refractivity contribution in [2.45, 2.75) is 50.5 Å². The van der Waals surface area contributed by atoms with Crippen LogP contribution in [0, 0.1) is 11.3 Å². The molecule has 1 rings (SSSR count). The van der Waals surface area contributed by atoms with Crippen LogP contribution in [0.1, 0.15) is 44.9 Å². The second-order valence-electron chi connectivity index (χ2n) is 4.69. The SMILES string of the molecule is N#CCCCCS(=O)(=O)NCC1(O)CCCC1. The molecule has 0 aromatic rings. The first-order valence-electron chi connectivity index (χ1n) is 6.04. The molecule has 0 aliphatic heterocycles. The van der Waals surface area contributed by atoms with Crippen LogP contribution in [0.2, 0.25) is 0 Å². The molecule has 2 N–H and O–H groups in total. The van der Waals surface area contributed by atoms with Gasteiger partial charge < -0.3 is 5.11 Å². The highest BCUT2D eigenvalue weighted by molar-refractivity contribution is 7.89. The first-order valence-corrected chi connectivity index (χ1v) is 7.69. The summed E-state index contributed by atoms with van der Waals surface area (Å²) in [6, 6.07) is 1.98. The van der Waals surface area contributed by atoms with Crippen molar-refractivity contribution in [1.29, 1.82) is 5.26 Å². The van der Waals surface area contributed by atoms with Crippen LogP contribution in [0.4, 0.5) is 0 Å². The highest BCUT2D eigenvalue weighted by Crippen LogP contribution is 2.28. The molecule has 0 spiro atoms. The van der Waals surface area contributed by atoms with E-state index >= 15 is 0 Å². The summed E-state index contributed by atoms with van der Waals surface area (Å²) in [5, 5.41) is 18.3. The van der Waals surface area contributed by atoms with Gasteiger partial charge in [-0.25, -0.2) is 13.1 Å². The number of sulfonamides is 1. The summed E-state index contributed by atoms with van der Waals surface area (Å²) in [4.78, 5) is 0.